The quantitative estimate of drug-likeness (QED) is 0.802. The Morgan fingerprint density at radius 3 is 2.70 bits per heavy atom. The second kappa shape index (κ2) is 5.75. The zero-order valence-electron chi connectivity index (χ0n) is 11.6. The van der Waals surface area contributed by atoms with Gasteiger partial charge in [-0.25, -0.2) is 0 Å². The molecule has 4 nitrogen and oxygen atoms in total. The Hall–Kier alpha value is -2.33. The Labute approximate surface area is 118 Å². The number of phenols is 1. The second-order valence-electron chi connectivity index (χ2n) is 4.76. The Morgan fingerprint density at radius 2 is 2.00 bits per heavy atom. The highest BCUT2D eigenvalue weighted by atomic mass is 16.3. The number of anilines is 1. The minimum absolute atomic E-state index is 0.116. The third kappa shape index (κ3) is 2.81. The van der Waals surface area contributed by atoms with Gasteiger partial charge in [0.05, 0.1) is 0 Å². The Kier molecular flexibility index (Phi) is 4.05. The number of hydrogen-bond acceptors (Lipinski definition) is 3. The minimum atomic E-state index is -0.240. The van der Waals surface area contributed by atoms with Crippen LogP contribution in [0.3, 0.4) is 0 Å². The van der Waals surface area contributed by atoms with E-state index in [9.17, 15) is 9.90 Å². The normalized spacial score (nSPS) is 10.3. The summed E-state index contributed by atoms with van der Waals surface area (Å²) in [6, 6.07) is 10.6. The van der Waals surface area contributed by atoms with Gasteiger partial charge in [0, 0.05) is 23.4 Å². The number of rotatable bonds is 3. The van der Waals surface area contributed by atoms with Crippen molar-refractivity contribution in [3.63, 3.8) is 0 Å². The van der Waals surface area contributed by atoms with Crippen LogP contribution in [0.4, 0.5) is 5.69 Å². The molecule has 0 heterocycles. The van der Waals surface area contributed by atoms with Crippen LogP contribution >= 0.6 is 0 Å². The first-order valence-corrected chi connectivity index (χ1v) is 6.42. The van der Waals surface area contributed by atoms with Crippen LogP contribution in [0.1, 0.15) is 27.0 Å². The average Bonchev–Trinajstić information content (AvgIpc) is 2.44. The van der Waals surface area contributed by atoms with Crippen molar-refractivity contribution >= 4 is 11.6 Å². The maximum atomic E-state index is 12.3. The summed E-state index contributed by atoms with van der Waals surface area (Å²) in [6.45, 7) is 4.06. The summed E-state index contributed by atoms with van der Waals surface area (Å²) in [5.74, 6) is -0.124. The number of amides is 1. The lowest BCUT2D eigenvalue weighted by atomic mass is 10.1. The standard InChI is InChI=1S/C16H18N2O2/c1-10-6-7-12(9-17)8-14(10)18-16(20)13-4-3-5-15(19)11(13)2/h3-8,19H,9,17H2,1-2H3,(H,18,20). The number of benzene rings is 2. The smallest absolute Gasteiger partial charge is 0.256 e. The van der Waals surface area contributed by atoms with E-state index in [0.29, 0.717) is 17.7 Å². The summed E-state index contributed by atoms with van der Waals surface area (Å²) >= 11 is 0. The summed E-state index contributed by atoms with van der Waals surface area (Å²) in [5, 5.41) is 12.5. The van der Waals surface area contributed by atoms with E-state index in [2.05, 4.69) is 5.32 Å². The fourth-order valence-electron chi connectivity index (χ4n) is 1.99. The van der Waals surface area contributed by atoms with Crippen LogP contribution in [-0.2, 0) is 6.54 Å². The lowest BCUT2D eigenvalue weighted by Gasteiger charge is -2.12. The molecule has 20 heavy (non-hydrogen) atoms. The molecule has 0 aliphatic rings. The number of aromatic hydroxyl groups is 1. The molecule has 0 aliphatic heterocycles. The van der Waals surface area contributed by atoms with Gasteiger partial charge in [-0.3, -0.25) is 4.79 Å². The van der Waals surface area contributed by atoms with Crippen molar-refractivity contribution in [2.45, 2.75) is 20.4 Å². The molecule has 2 aromatic carbocycles. The highest BCUT2D eigenvalue weighted by Crippen LogP contribution is 2.22. The fraction of sp³-hybridized carbons (Fsp3) is 0.188. The van der Waals surface area contributed by atoms with Crippen LogP contribution < -0.4 is 11.1 Å². The van der Waals surface area contributed by atoms with Crippen molar-refractivity contribution in [2.75, 3.05) is 5.32 Å². The van der Waals surface area contributed by atoms with Gasteiger partial charge in [0.25, 0.3) is 5.91 Å². The van der Waals surface area contributed by atoms with E-state index in [1.165, 1.54) is 0 Å². The molecule has 0 aromatic heterocycles. The Balaban J connectivity index is 2.30. The van der Waals surface area contributed by atoms with Crippen LogP contribution in [0.5, 0.6) is 5.75 Å². The molecule has 2 rings (SSSR count). The van der Waals surface area contributed by atoms with Crippen molar-refractivity contribution in [2.24, 2.45) is 5.73 Å². The summed E-state index contributed by atoms with van der Waals surface area (Å²) in [5.41, 5.74) is 9.30. The molecule has 0 fully saturated rings. The SMILES string of the molecule is Cc1ccc(CN)cc1NC(=O)c1cccc(O)c1C. The molecule has 0 radical (unpaired) electrons. The number of phenolic OH excluding ortho intramolecular Hbond substituents is 1. The number of hydrogen-bond donors (Lipinski definition) is 3. The van der Waals surface area contributed by atoms with E-state index >= 15 is 0 Å². The number of carbonyl (C=O) groups is 1. The summed E-state index contributed by atoms with van der Waals surface area (Å²) in [4.78, 5) is 12.3. The van der Waals surface area contributed by atoms with E-state index in [4.69, 9.17) is 5.73 Å². The molecule has 0 aliphatic carbocycles. The highest BCUT2D eigenvalue weighted by molar-refractivity contribution is 6.06. The maximum Gasteiger partial charge on any atom is 0.256 e. The van der Waals surface area contributed by atoms with Gasteiger partial charge in [0.1, 0.15) is 5.75 Å². The number of carbonyl (C=O) groups excluding carboxylic acids is 1. The predicted molar refractivity (Wildman–Crippen MR) is 79.9 cm³/mol. The minimum Gasteiger partial charge on any atom is -0.508 e. The fourth-order valence-corrected chi connectivity index (χ4v) is 1.99. The second-order valence-corrected chi connectivity index (χ2v) is 4.76. The largest absolute Gasteiger partial charge is 0.508 e. The monoisotopic (exact) mass is 270 g/mol. The van der Waals surface area contributed by atoms with Gasteiger partial charge < -0.3 is 16.2 Å². The Bertz CT molecular complexity index is 651. The average molecular weight is 270 g/mol. The summed E-state index contributed by atoms with van der Waals surface area (Å²) < 4.78 is 0. The van der Waals surface area contributed by atoms with Crippen molar-refractivity contribution in [1.82, 2.24) is 0 Å². The van der Waals surface area contributed by atoms with Gasteiger partial charge in [-0.1, -0.05) is 18.2 Å². The molecule has 2 aromatic rings. The highest BCUT2D eigenvalue weighted by Gasteiger charge is 2.12. The van der Waals surface area contributed by atoms with Crippen LogP contribution in [0.2, 0.25) is 0 Å². The van der Waals surface area contributed by atoms with Crippen LogP contribution in [-0.4, -0.2) is 11.0 Å². The summed E-state index contributed by atoms with van der Waals surface area (Å²) in [6.07, 6.45) is 0. The lowest BCUT2D eigenvalue weighted by molar-refractivity contribution is 0.102. The zero-order valence-corrected chi connectivity index (χ0v) is 11.6. The molecule has 0 atom stereocenters. The summed E-state index contributed by atoms with van der Waals surface area (Å²) in [7, 11) is 0. The number of aryl methyl sites for hydroxylation is 1. The van der Waals surface area contributed by atoms with E-state index in [1.54, 1.807) is 25.1 Å². The number of nitrogens with two attached hydrogens (primary N) is 1. The van der Waals surface area contributed by atoms with E-state index < -0.39 is 0 Å². The van der Waals surface area contributed by atoms with Gasteiger partial charge >= 0.3 is 0 Å². The Morgan fingerprint density at radius 1 is 1.25 bits per heavy atom. The van der Waals surface area contributed by atoms with E-state index in [0.717, 1.165) is 16.8 Å². The number of nitrogens with one attached hydrogen (secondary N) is 1. The predicted octanol–water partition coefficient (Wildman–Crippen LogP) is 2.72. The molecule has 1 amide bonds. The van der Waals surface area contributed by atoms with Crippen molar-refractivity contribution in [1.29, 1.82) is 0 Å². The lowest BCUT2D eigenvalue weighted by Crippen LogP contribution is -2.14. The molecule has 0 unspecified atom stereocenters. The molecule has 4 N–H and O–H groups in total. The van der Waals surface area contributed by atoms with Crippen molar-refractivity contribution in [3.8, 4) is 5.75 Å². The topological polar surface area (TPSA) is 75.3 Å². The molecule has 0 saturated carbocycles. The van der Waals surface area contributed by atoms with E-state index in [1.807, 2.05) is 25.1 Å². The first-order valence-electron chi connectivity index (χ1n) is 6.42. The third-order valence-electron chi connectivity index (χ3n) is 3.34. The van der Waals surface area contributed by atoms with Crippen molar-refractivity contribution in [3.05, 3.63) is 58.7 Å². The molecule has 0 bridgehead atoms. The third-order valence-corrected chi connectivity index (χ3v) is 3.34. The zero-order chi connectivity index (χ0) is 14.7. The molecule has 0 saturated heterocycles. The first-order chi connectivity index (χ1) is 9.52. The van der Waals surface area contributed by atoms with Crippen LogP contribution in [0, 0.1) is 13.8 Å². The van der Waals surface area contributed by atoms with Gasteiger partial charge in [0.2, 0.25) is 0 Å². The molecule has 0 spiro atoms. The van der Waals surface area contributed by atoms with E-state index in [-0.39, 0.29) is 11.7 Å². The maximum absolute atomic E-state index is 12.3. The first kappa shape index (κ1) is 14.1. The molecule has 4 heteroatoms. The van der Waals surface area contributed by atoms with Crippen molar-refractivity contribution < 1.29 is 9.90 Å². The van der Waals surface area contributed by atoms with Gasteiger partial charge in [-0.15, -0.1) is 0 Å². The molecule has 104 valence electrons. The van der Waals surface area contributed by atoms with Gasteiger partial charge in [-0.2, -0.15) is 0 Å². The van der Waals surface area contributed by atoms with Crippen LogP contribution in [0.25, 0.3) is 0 Å². The van der Waals surface area contributed by atoms with Gasteiger partial charge in [-0.05, 0) is 43.2 Å². The molecular formula is C16H18N2O2. The van der Waals surface area contributed by atoms with Gasteiger partial charge in [0.15, 0.2) is 0 Å². The van der Waals surface area contributed by atoms with Crippen LogP contribution in [0.15, 0.2) is 36.4 Å². The molecular weight excluding hydrogens is 252 g/mol.